The number of hydrogen-bond acceptors (Lipinski definition) is 8. The first-order valence-electron chi connectivity index (χ1n) is 7.51. The van der Waals surface area contributed by atoms with Gasteiger partial charge in [-0.25, -0.2) is 0 Å². The van der Waals surface area contributed by atoms with E-state index in [1.54, 1.807) is 11.8 Å². The number of thioether (sulfide) groups is 1. The zero-order valence-electron chi connectivity index (χ0n) is 13.0. The van der Waals surface area contributed by atoms with E-state index in [0.717, 1.165) is 37.1 Å². The lowest BCUT2D eigenvalue weighted by molar-refractivity contribution is -0.478. The molecule has 1 aliphatic heterocycles. The predicted octanol–water partition coefficient (Wildman–Crippen LogP) is 2.07. The molecule has 0 bridgehead atoms. The summed E-state index contributed by atoms with van der Waals surface area (Å²) in [5.41, 5.74) is -1.10. The zero-order chi connectivity index (χ0) is 17.9. The van der Waals surface area contributed by atoms with Gasteiger partial charge in [-0.15, -0.1) is 0 Å². The van der Waals surface area contributed by atoms with Crippen LogP contribution < -0.4 is 0 Å². The third kappa shape index (κ3) is 3.45. The van der Waals surface area contributed by atoms with Crippen molar-refractivity contribution in [2.75, 3.05) is 18.8 Å². The van der Waals surface area contributed by atoms with Crippen LogP contribution in [0.3, 0.4) is 0 Å². The van der Waals surface area contributed by atoms with E-state index in [0.29, 0.717) is 18.8 Å². The Bertz CT molecular complexity index is 614. The SMILES string of the molecule is CCSC1C([N+](=O)[O-])=C(N2CCCCC2)C([N+](=O)[O-])=C[C-]1[N+](=O)[O-]. The van der Waals surface area contributed by atoms with Crippen molar-refractivity contribution in [3.05, 3.63) is 59.6 Å². The van der Waals surface area contributed by atoms with Gasteiger partial charge < -0.3 is 4.90 Å². The normalized spacial score (nSPS) is 21.5. The van der Waals surface area contributed by atoms with Gasteiger partial charge in [-0.3, -0.25) is 30.3 Å². The molecule has 1 heterocycles. The van der Waals surface area contributed by atoms with E-state index in [-0.39, 0.29) is 5.70 Å². The average molecular weight is 357 g/mol. The maximum Gasteiger partial charge on any atom is 0.264 e. The fourth-order valence-corrected chi connectivity index (χ4v) is 3.94. The van der Waals surface area contributed by atoms with Gasteiger partial charge in [-0.05, 0) is 34.9 Å². The van der Waals surface area contributed by atoms with E-state index in [1.165, 1.54) is 0 Å². The quantitative estimate of drug-likeness (QED) is 0.401. The molecule has 2 aliphatic rings. The third-order valence-electron chi connectivity index (χ3n) is 3.90. The molecule has 1 fully saturated rings. The Morgan fingerprint density at radius 1 is 1.17 bits per heavy atom. The maximum atomic E-state index is 11.7. The van der Waals surface area contributed by atoms with Crippen molar-refractivity contribution in [2.45, 2.75) is 31.4 Å². The molecule has 0 aromatic carbocycles. The molecule has 0 aromatic rings. The highest BCUT2D eigenvalue weighted by molar-refractivity contribution is 8.00. The number of likely N-dealkylation sites (tertiary alicyclic amines) is 1. The molecule has 0 radical (unpaired) electrons. The fourth-order valence-electron chi connectivity index (χ4n) is 2.92. The second-order valence-electron chi connectivity index (χ2n) is 5.34. The Morgan fingerprint density at radius 3 is 2.25 bits per heavy atom. The lowest BCUT2D eigenvalue weighted by atomic mass is 9.98. The summed E-state index contributed by atoms with van der Waals surface area (Å²) in [6.07, 6.45) is 3.38. The van der Waals surface area contributed by atoms with Crippen LogP contribution in [0.15, 0.2) is 23.2 Å². The number of nitrogens with zero attached hydrogens (tertiary/aromatic N) is 4. The van der Waals surface area contributed by atoms with Crippen LogP contribution in [-0.2, 0) is 0 Å². The minimum atomic E-state index is -1.12. The summed E-state index contributed by atoms with van der Waals surface area (Å²) in [6.45, 7) is 2.66. The van der Waals surface area contributed by atoms with E-state index in [1.807, 2.05) is 0 Å². The van der Waals surface area contributed by atoms with Gasteiger partial charge in [0.1, 0.15) is 17.0 Å². The van der Waals surface area contributed by atoms with Gasteiger partial charge in [0.15, 0.2) is 5.70 Å². The molecule has 0 spiro atoms. The molecule has 0 N–H and O–H groups in total. The Hall–Kier alpha value is -2.30. The molecular formula is C13H17N4O6S-. The van der Waals surface area contributed by atoms with Gasteiger partial charge in [-0.1, -0.05) is 13.0 Å². The Labute approximate surface area is 142 Å². The molecule has 10 nitrogen and oxygen atoms in total. The second-order valence-corrected chi connectivity index (χ2v) is 6.72. The minimum absolute atomic E-state index is 0.0822. The van der Waals surface area contributed by atoms with Gasteiger partial charge in [0.25, 0.3) is 5.70 Å². The molecule has 1 aliphatic carbocycles. The first kappa shape index (κ1) is 18.0. The van der Waals surface area contributed by atoms with Crippen LogP contribution in [0.25, 0.3) is 0 Å². The van der Waals surface area contributed by atoms with Crippen molar-refractivity contribution in [3.8, 4) is 0 Å². The Balaban J connectivity index is 2.63. The number of rotatable bonds is 6. The molecular weight excluding hydrogens is 340 g/mol. The van der Waals surface area contributed by atoms with Crippen molar-refractivity contribution in [1.82, 2.24) is 4.90 Å². The molecule has 0 aromatic heterocycles. The number of piperidine rings is 1. The van der Waals surface area contributed by atoms with E-state index in [4.69, 9.17) is 0 Å². The van der Waals surface area contributed by atoms with Crippen LogP contribution in [0.2, 0.25) is 0 Å². The zero-order valence-corrected chi connectivity index (χ0v) is 13.9. The largest absolute Gasteiger partial charge is 0.376 e. The molecule has 1 saturated heterocycles. The summed E-state index contributed by atoms with van der Waals surface area (Å²) in [5, 5.41) is 33.2. The van der Waals surface area contributed by atoms with Crippen LogP contribution in [0, 0.1) is 36.4 Å². The topological polar surface area (TPSA) is 133 Å². The van der Waals surface area contributed by atoms with E-state index >= 15 is 0 Å². The van der Waals surface area contributed by atoms with Crippen LogP contribution >= 0.6 is 11.8 Å². The summed E-state index contributed by atoms with van der Waals surface area (Å²) in [7, 11) is 0. The van der Waals surface area contributed by atoms with Gasteiger partial charge in [-0.2, -0.15) is 11.8 Å². The molecule has 1 unspecified atom stereocenters. The standard InChI is InChI=1S/C13H17N4O6S/c1-2-24-13-10(16(20)21)8-9(15(18)19)11(12(13)17(22)23)14-6-4-3-5-7-14/h8,13H,2-7H2,1H3/q-1. The molecule has 2 rings (SSSR count). The average Bonchev–Trinajstić information content (AvgIpc) is 2.54. The first-order chi connectivity index (χ1) is 11.4. The summed E-state index contributed by atoms with van der Waals surface area (Å²) >= 11 is 1.03. The summed E-state index contributed by atoms with van der Waals surface area (Å²) in [5.74, 6) is 0.411. The molecule has 24 heavy (non-hydrogen) atoms. The van der Waals surface area contributed by atoms with E-state index in [9.17, 15) is 30.3 Å². The second kappa shape index (κ2) is 7.51. The minimum Gasteiger partial charge on any atom is -0.376 e. The van der Waals surface area contributed by atoms with E-state index in [2.05, 4.69) is 0 Å². The van der Waals surface area contributed by atoms with Gasteiger partial charge in [0, 0.05) is 13.1 Å². The van der Waals surface area contributed by atoms with Crippen LogP contribution in [0.4, 0.5) is 0 Å². The highest BCUT2D eigenvalue weighted by Crippen LogP contribution is 2.40. The third-order valence-corrected chi connectivity index (χ3v) is 5.03. The Kier molecular flexibility index (Phi) is 5.65. The maximum absolute atomic E-state index is 11.7. The monoisotopic (exact) mass is 357 g/mol. The Morgan fingerprint density at radius 2 is 1.79 bits per heavy atom. The summed E-state index contributed by atoms with van der Waals surface area (Å²) in [4.78, 5) is 33.7. The van der Waals surface area contributed by atoms with Crippen molar-refractivity contribution in [3.63, 3.8) is 0 Å². The molecule has 132 valence electrons. The molecule has 11 heteroatoms. The predicted molar refractivity (Wildman–Crippen MR) is 86.7 cm³/mol. The first-order valence-corrected chi connectivity index (χ1v) is 8.56. The fraction of sp³-hybridized carbons (Fsp3) is 0.615. The van der Waals surface area contributed by atoms with E-state index < -0.39 is 37.5 Å². The van der Waals surface area contributed by atoms with Crippen molar-refractivity contribution < 1.29 is 14.8 Å². The van der Waals surface area contributed by atoms with Gasteiger partial charge in [0.05, 0.1) is 4.92 Å². The highest BCUT2D eigenvalue weighted by atomic mass is 32.2. The van der Waals surface area contributed by atoms with Crippen LogP contribution in [0.5, 0.6) is 0 Å². The summed E-state index contributed by atoms with van der Waals surface area (Å²) < 4.78 is 0. The smallest absolute Gasteiger partial charge is 0.264 e. The van der Waals surface area contributed by atoms with Crippen LogP contribution in [-0.4, -0.2) is 43.8 Å². The van der Waals surface area contributed by atoms with Crippen molar-refractivity contribution in [1.29, 1.82) is 0 Å². The van der Waals surface area contributed by atoms with Gasteiger partial charge >= 0.3 is 0 Å². The van der Waals surface area contributed by atoms with Crippen molar-refractivity contribution in [2.24, 2.45) is 0 Å². The molecule has 0 saturated carbocycles. The molecule has 0 amide bonds. The van der Waals surface area contributed by atoms with Crippen molar-refractivity contribution >= 4 is 11.8 Å². The molecule has 1 atom stereocenters. The number of nitro groups is 3. The summed E-state index contributed by atoms with van der Waals surface area (Å²) in [6, 6.07) is -0.513. The highest BCUT2D eigenvalue weighted by Gasteiger charge is 2.44. The lowest BCUT2D eigenvalue weighted by Crippen LogP contribution is -2.40. The lowest BCUT2D eigenvalue weighted by Gasteiger charge is -2.36. The van der Waals surface area contributed by atoms with Crippen LogP contribution in [0.1, 0.15) is 26.2 Å². The number of hydrogen-bond donors (Lipinski definition) is 0. The van der Waals surface area contributed by atoms with Gasteiger partial charge in [0.2, 0.25) is 0 Å².